The maximum atomic E-state index is 8.54. The van der Waals surface area contributed by atoms with Gasteiger partial charge in [-0.05, 0) is 12.1 Å². The van der Waals surface area contributed by atoms with Gasteiger partial charge in [0.2, 0.25) is 5.71 Å². The van der Waals surface area contributed by atoms with Crippen LogP contribution in [0, 0.1) is 22.7 Å². The zero-order valence-electron chi connectivity index (χ0n) is 8.18. The van der Waals surface area contributed by atoms with Crippen LogP contribution in [0.25, 0.3) is 11.0 Å². The van der Waals surface area contributed by atoms with Gasteiger partial charge in [0.05, 0.1) is 16.8 Å². The van der Waals surface area contributed by atoms with E-state index in [4.69, 9.17) is 22.1 Å². The Morgan fingerprint density at radius 2 is 2.12 bits per heavy atom. The minimum atomic E-state index is -0.291. The van der Waals surface area contributed by atoms with E-state index in [-0.39, 0.29) is 5.71 Å². The Bertz CT molecular complexity index is 661. The lowest BCUT2D eigenvalue weighted by molar-refractivity contribution is 1.34. The van der Waals surface area contributed by atoms with Crippen LogP contribution >= 0.6 is 23.3 Å². The number of hydrazone groups is 1. The molecule has 0 fully saturated rings. The molecule has 82 valence electrons. The second-order valence-corrected chi connectivity index (χ2v) is 3.79. The standard InChI is InChI=1S/C9H3ClN6S/c10-6-1-2-7-9(16-17-15-7)8(6)14-13-5(3-11)4-12/h1-2,14H. The molecule has 1 N–H and O–H groups in total. The SMILES string of the molecule is N#CC(C#N)=NNc1c(Cl)ccc2nsnc12. The van der Waals surface area contributed by atoms with Crippen LogP contribution in [-0.4, -0.2) is 14.5 Å². The molecule has 0 unspecified atom stereocenters. The van der Waals surface area contributed by atoms with Crippen molar-refractivity contribution in [3.8, 4) is 12.1 Å². The number of hydrogen-bond donors (Lipinski definition) is 1. The minimum absolute atomic E-state index is 0.291. The molecule has 0 amide bonds. The van der Waals surface area contributed by atoms with E-state index < -0.39 is 0 Å². The summed E-state index contributed by atoms with van der Waals surface area (Å²) in [6.07, 6.45) is 0. The molecular weight excluding hydrogens is 260 g/mol. The van der Waals surface area contributed by atoms with Crippen LogP contribution in [0.5, 0.6) is 0 Å². The average molecular weight is 263 g/mol. The van der Waals surface area contributed by atoms with Crippen molar-refractivity contribution in [2.45, 2.75) is 0 Å². The number of halogens is 1. The summed E-state index contributed by atoms with van der Waals surface area (Å²) in [5.41, 5.74) is 3.93. The van der Waals surface area contributed by atoms with Crippen molar-refractivity contribution in [2.24, 2.45) is 5.10 Å². The van der Waals surface area contributed by atoms with Crippen molar-refractivity contribution >= 4 is 45.8 Å². The number of nitrogens with zero attached hydrogens (tertiary/aromatic N) is 5. The molecule has 8 heteroatoms. The normalized spacial score (nSPS) is 9.35. The molecule has 2 rings (SSSR count). The molecule has 0 aliphatic rings. The van der Waals surface area contributed by atoms with E-state index in [2.05, 4.69) is 19.3 Å². The summed E-state index contributed by atoms with van der Waals surface area (Å²) in [4.78, 5) is 0. The lowest BCUT2D eigenvalue weighted by Gasteiger charge is -2.02. The molecule has 0 radical (unpaired) electrons. The van der Waals surface area contributed by atoms with E-state index in [1.54, 1.807) is 24.3 Å². The van der Waals surface area contributed by atoms with Gasteiger partial charge in [0, 0.05) is 0 Å². The first kappa shape index (κ1) is 11.3. The van der Waals surface area contributed by atoms with Crippen molar-refractivity contribution in [1.82, 2.24) is 8.75 Å². The van der Waals surface area contributed by atoms with Gasteiger partial charge in [-0.3, -0.25) is 5.43 Å². The maximum absolute atomic E-state index is 8.54. The number of fused-ring (bicyclic) bond motifs is 1. The van der Waals surface area contributed by atoms with Gasteiger partial charge in [0.1, 0.15) is 28.9 Å². The summed E-state index contributed by atoms with van der Waals surface area (Å²) in [5, 5.41) is 21.1. The van der Waals surface area contributed by atoms with Crippen molar-refractivity contribution in [2.75, 3.05) is 5.43 Å². The van der Waals surface area contributed by atoms with E-state index >= 15 is 0 Å². The van der Waals surface area contributed by atoms with Crippen molar-refractivity contribution in [3.63, 3.8) is 0 Å². The van der Waals surface area contributed by atoms with E-state index in [0.717, 1.165) is 11.7 Å². The van der Waals surface area contributed by atoms with Gasteiger partial charge in [-0.1, -0.05) is 11.6 Å². The minimum Gasteiger partial charge on any atom is -0.273 e. The van der Waals surface area contributed by atoms with Crippen LogP contribution in [-0.2, 0) is 0 Å². The fourth-order valence-corrected chi connectivity index (χ4v) is 1.86. The van der Waals surface area contributed by atoms with E-state index in [0.29, 0.717) is 21.7 Å². The third-order valence-electron chi connectivity index (χ3n) is 1.87. The molecule has 1 aromatic heterocycles. The fraction of sp³-hybridized carbons (Fsp3) is 0. The maximum Gasteiger partial charge on any atom is 0.237 e. The summed E-state index contributed by atoms with van der Waals surface area (Å²) in [6, 6.07) is 6.63. The summed E-state index contributed by atoms with van der Waals surface area (Å²) < 4.78 is 8.10. The lowest BCUT2D eigenvalue weighted by atomic mass is 10.3. The highest BCUT2D eigenvalue weighted by molar-refractivity contribution is 7.00. The lowest BCUT2D eigenvalue weighted by Crippen LogP contribution is -1.97. The molecule has 0 bridgehead atoms. The van der Waals surface area contributed by atoms with Crippen LogP contribution in [0.1, 0.15) is 0 Å². The highest BCUT2D eigenvalue weighted by atomic mass is 35.5. The first-order valence-electron chi connectivity index (χ1n) is 4.31. The molecule has 17 heavy (non-hydrogen) atoms. The predicted molar refractivity (Wildman–Crippen MR) is 64.7 cm³/mol. The van der Waals surface area contributed by atoms with Crippen LogP contribution in [0.15, 0.2) is 17.2 Å². The Labute approximate surface area is 105 Å². The topological polar surface area (TPSA) is 97.8 Å². The number of rotatable bonds is 2. The van der Waals surface area contributed by atoms with Gasteiger partial charge in [-0.25, -0.2) is 0 Å². The smallest absolute Gasteiger partial charge is 0.237 e. The fourth-order valence-electron chi connectivity index (χ4n) is 1.12. The van der Waals surface area contributed by atoms with Gasteiger partial charge in [0.25, 0.3) is 0 Å². The highest BCUT2D eigenvalue weighted by Crippen LogP contribution is 2.29. The van der Waals surface area contributed by atoms with Gasteiger partial charge in [0.15, 0.2) is 0 Å². The molecule has 0 aliphatic carbocycles. The molecule has 0 spiro atoms. The van der Waals surface area contributed by atoms with Crippen LogP contribution in [0.2, 0.25) is 5.02 Å². The molecule has 0 aliphatic heterocycles. The van der Waals surface area contributed by atoms with E-state index in [1.165, 1.54) is 0 Å². The molecule has 0 saturated heterocycles. The number of aromatic nitrogens is 2. The zero-order chi connectivity index (χ0) is 12.3. The molecular formula is C9H3ClN6S. The average Bonchev–Trinajstić information content (AvgIpc) is 2.81. The Kier molecular flexibility index (Phi) is 3.15. The number of nitrogens with one attached hydrogen (secondary N) is 1. The van der Waals surface area contributed by atoms with Gasteiger partial charge < -0.3 is 0 Å². The highest BCUT2D eigenvalue weighted by Gasteiger charge is 2.09. The van der Waals surface area contributed by atoms with Crippen LogP contribution in [0.3, 0.4) is 0 Å². The molecule has 1 heterocycles. The van der Waals surface area contributed by atoms with E-state index in [9.17, 15) is 0 Å². The van der Waals surface area contributed by atoms with Crippen molar-refractivity contribution in [1.29, 1.82) is 10.5 Å². The Morgan fingerprint density at radius 3 is 2.82 bits per heavy atom. The summed E-state index contributed by atoms with van der Waals surface area (Å²) in [6.45, 7) is 0. The second kappa shape index (κ2) is 4.74. The molecule has 1 aromatic carbocycles. The zero-order valence-corrected chi connectivity index (χ0v) is 9.75. The van der Waals surface area contributed by atoms with E-state index in [1.807, 2.05) is 0 Å². The number of benzene rings is 1. The number of hydrogen-bond acceptors (Lipinski definition) is 7. The quantitative estimate of drug-likeness (QED) is 0.660. The Balaban J connectivity index is 2.46. The first-order chi connectivity index (χ1) is 8.26. The van der Waals surface area contributed by atoms with Crippen molar-refractivity contribution in [3.05, 3.63) is 17.2 Å². The van der Waals surface area contributed by atoms with Gasteiger partial charge in [-0.2, -0.15) is 24.4 Å². The predicted octanol–water partition coefficient (Wildman–Crippen LogP) is 2.16. The Hall–Kier alpha value is -2.22. The Morgan fingerprint density at radius 1 is 1.35 bits per heavy atom. The van der Waals surface area contributed by atoms with Crippen LogP contribution in [0.4, 0.5) is 5.69 Å². The number of anilines is 1. The van der Waals surface area contributed by atoms with Crippen LogP contribution < -0.4 is 5.43 Å². The summed E-state index contributed by atoms with van der Waals surface area (Å²) >= 11 is 7.01. The molecule has 0 atom stereocenters. The number of nitriles is 2. The third kappa shape index (κ3) is 2.16. The molecule has 2 aromatic rings. The van der Waals surface area contributed by atoms with Gasteiger partial charge >= 0.3 is 0 Å². The molecule has 0 saturated carbocycles. The van der Waals surface area contributed by atoms with Gasteiger partial charge in [-0.15, -0.1) is 0 Å². The second-order valence-electron chi connectivity index (χ2n) is 2.85. The molecule has 6 nitrogen and oxygen atoms in total. The van der Waals surface area contributed by atoms with Crippen molar-refractivity contribution < 1.29 is 0 Å². The summed E-state index contributed by atoms with van der Waals surface area (Å²) in [7, 11) is 0. The summed E-state index contributed by atoms with van der Waals surface area (Å²) in [5.74, 6) is 0. The monoisotopic (exact) mass is 262 g/mol. The third-order valence-corrected chi connectivity index (χ3v) is 2.73. The largest absolute Gasteiger partial charge is 0.273 e. The first-order valence-corrected chi connectivity index (χ1v) is 5.41.